The molecule has 25 heavy (non-hydrogen) atoms. The fourth-order valence-electron chi connectivity index (χ4n) is 3.00. The van der Waals surface area contributed by atoms with E-state index in [4.69, 9.17) is 0 Å². The first-order valence-corrected chi connectivity index (χ1v) is 8.16. The second-order valence-corrected chi connectivity index (χ2v) is 6.36. The largest absolute Gasteiger partial charge is 0.332 e. The Morgan fingerprint density at radius 3 is 2.28 bits per heavy atom. The van der Waals surface area contributed by atoms with Crippen LogP contribution in [-0.2, 0) is 4.79 Å². The van der Waals surface area contributed by atoms with Gasteiger partial charge in [-0.3, -0.25) is 19.4 Å². The molecule has 1 aliphatic heterocycles. The number of ketones is 1. The highest BCUT2D eigenvalue weighted by Crippen LogP contribution is 2.22. The van der Waals surface area contributed by atoms with E-state index in [1.54, 1.807) is 24.3 Å². The van der Waals surface area contributed by atoms with Crippen LogP contribution < -0.4 is 4.90 Å². The van der Waals surface area contributed by atoms with Gasteiger partial charge in [0.15, 0.2) is 5.78 Å². The Labute approximate surface area is 146 Å². The maximum atomic E-state index is 12.7. The van der Waals surface area contributed by atoms with Crippen LogP contribution in [0.5, 0.6) is 0 Å². The molecule has 0 aliphatic carbocycles. The Kier molecular flexibility index (Phi) is 4.40. The number of rotatable bonds is 4. The molecule has 2 aromatic carbocycles. The van der Waals surface area contributed by atoms with E-state index in [1.807, 2.05) is 39.0 Å². The van der Waals surface area contributed by atoms with Crippen LogP contribution in [0.4, 0.5) is 10.5 Å². The summed E-state index contributed by atoms with van der Waals surface area (Å²) in [7, 11) is 0. The highest BCUT2D eigenvalue weighted by molar-refractivity contribution is 6.15. The van der Waals surface area contributed by atoms with Crippen LogP contribution in [0.15, 0.2) is 42.5 Å². The molecule has 0 aromatic heterocycles. The normalized spacial score (nSPS) is 14.4. The number of hydrogen-bond acceptors (Lipinski definition) is 3. The van der Waals surface area contributed by atoms with E-state index >= 15 is 0 Å². The average Bonchev–Trinajstić information content (AvgIpc) is 2.87. The van der Waals surface area contributed by atoms with Crippen molar-refractivity contribution in [1.29, 1.82) is 0 Å². The first-order chi connectivity index (χ1) is 11.9. The molecule has 5 heteroatoms. The smallest absolute Gasteiger partial charge is 0.292 e. The minimum absolute atomic E-state index is 0.0396. The van der Waals surface area contributed by atoms with Gasteiger partial charge >= 0.3 is 6.03 Å². The molecule has 0 atom stereocenters. The summed E-state index contributed by atoms with van der Waals surface area (Å²) < 4.78 is 0. The third-order valence-electron chi connectivity index (χ3n) is 4.57. The van der Waals surface area contributed by atoms with Crippen molar-refractivity contribution in [2.24, 2.45) is 0 Å². The SMILES string of the molecule is Cc1cc(C)c(C(=O)CN2C(=O)CN(c3ccccc3)C2=O)cc1C. The fourth-order valence-corrected chi connectivity index (χ4v) is 3.00. The van der Waals surface area contributed by atoms with Gasteiger partial charge in [0.05, 0.1) is 6.54 Å². The first kappa shape index (κ1) is 16.9. The minimum Gasteiger partial charge on any atom is -0.292 e. The standard InChI is InChI=1S/C20H20N2O3/c1-13-9-15(3)17(10-14(13)2)18(23)11-22-19(24)12-21(20(22)25)16-7-5-4-6-8-16/h4-10H,11-12H2,1-3H3. The number of imide groups is 1. The topological polar surface area (TPSA) is 57.7 Å². The molecule has 1 saturated heterocycles. The number of carbonyl (C=O) groups excluding carboxylic acids is 3. The van der Waals surface area contributed by atoms with E-state index in [2.05, 4.69) is 0 Å². The predicted molar refractivity (Wildman–Crippen MR) is 95.9 cm³/mol. The van der Waals surface area contributed by atoms with Crippen LogP contribution in [0.25, 0.3) is 0 Å². The maximum Gasteiger partial charge on any atom is 0.332 e. The molecule has 3 amide bonds. The van der Waals surface area contributed by atoms with Crippen molar-refractivity contribution >= 4 is 23.4 Å². The number of anilines is 1. The molecule has 2 aromatic rings. The maximum absolute atomic E-state index is 12.7. The molecule has 0 bridgehead atoms. The molecule has 0 spiro atoms. The van der Waals surface area contributed by atoms with Crippen molar-refractivity contribution in [2.75, 3.05) is 18.0 Å². The number of aryl methyl sites for hydroxylation is 3. The molecule has 0 unspecified atom stereocenters. The van der Waals surface area contributed by atoms with Crippen LogP contribution in [0.3, 0.4) is 0 Å². The molecule has 5 nitrogen and oxygen atoms in total. The van der Waals surface area contributed by atoms with Gasteiger partial charge in [-0.1, -0.05) is 24.3 Å². The lowest BCUT2D eigenvalue weighted by atomic mass is 9.98. The summed E-state index contributed by atoms with van der Waals surface area (Å²) in [5, 5.41) is 0. The summed E-state index contributed by atoms with van der Waals surface area (Å²) in [6.45, 7) is 5.52. The van der Waals surface area contributed by atoms with Gasteiger partial charge in [0.1, 0.15) is 6.54 Å². The minimum atomic E-state index is -0.453. The van der Waals surface area contributed by atoms with E-state index in [1.165, 1.54) is 4.90 Å². The average molecular weight is 336 g/mol. The van der Waals surface area contributed by atoms with Gasteiger partial charge in [0.25, 0.3) is 5.91 Å². The van der Waals surface area contributed by atoms with Crippen LogP contribution in [-0.4, -0.2) is 35.7 Å². The Hall–Kier alpha value is -2.95. The molecule has 128 valence electrons. The van der Waals surface area contributed by atoms with Crippen LogP contribution in [0, 0.1) is 20.8 Å². The molecule has 1 aliphatic rings. The van der Waals surface area contributed by atoms with E-state index in [0.717, 1.165) is 21.6 Å². The summed E-state index contributed by atoms with van der Waals surface area (Å²) in [5.41, 5.74) is 4.18. The lowest BCUT2D eigenvalue weighted by Gasteiger charge is -2.17. The number of Topliss-reactive ketones (excluding diaryl/α,β-unsaturated/α-hetero) is 1. The van der Waals surface area contributed by atoms with Gasteiger partial charge in [-0.25, -0.2) is 4.79 Å². The zero-order valence-electron chi connectivity index (χ0n) is 14.6. The molecule has 0 N–H and O–H groups in total. The van der Waals surface area contributed by atoms with Gasteiger partial charge in [-0.05, 0) is 55.7 Å². The van der Waals surface area contributed by atoms with Crippen molar-refractivity contribution in [3.63, 3.8) is 0 Å². The van der Waals surface area contributed by atoms with E-state index in [-0.39, 0.29) is 24.8 Å². The summed E-state index contributed by atoms with van der Waals surface area (Å²) in [4.78, 5) is 39.9. The number of benzene rings is 2. The highest BCUT2D eigenvalue weighted by atomic mass is 16.2. The molecule has 0 radical (unpaired) electrons. The lowest BCUT2D eigenvalue weighted by molar-refractivity contribution is -0.124. The second-order valence-electron chi connectivity index (χ2n) is 6.36. The van der Waals surface area contributed by atoms with Crippen molar-refractivity contribution in [3.05, 3.63) is 64.7 Å². The van der Waals surface area contributed by atoms with Gasteiger partial charge in [-0.15, -0.1) is 0 Å². The van der Waals surface area contributed by atoms with E-state index < -0.39 is 6.03 Å². The third kappa shape index (κ3) is 3.18. The monoisotopic (exact) mass is 336 g/mol. The van der Waals surface area contributed by atoms with Crippen LogP contribution in [0.1, 0.15) is 27.0 Å². The summed E-state index contributed by atoms with van der Waals surface area (Å²) >= 11 is 0. The highest BCUT2D eigenvalue weighted by Gasteiger charge is 2.38. The van der Waals surface area contributed by atoms with Crippen LogP contribution >= 0.6 is 0 Å². The zero-order valence-corrected chi connectivity index (χ0v) is 14.6. The van der Waals surface area contributed by atoms with Gasteiger partial charge in [0.2, 0.25) is 0 Å². The molecular weight excluding hydrogens is 316 g/mol. The molecule has 1 heterocycles. The van der Waals surface area contributed by atoms with Crippen molar-refractivity contribution in [1.82, 2.24) is 4.90 Å². The van der Waals surface area contributed by atoms with Crippen molar-refractivity contribution in [2.45, 2.75) is 20.8 Å². The Balaban J connectivity index is 1.81. The lowest BCUT2D eigenvalue weighted by Crippen LogP contribution is -2.37. The number of carbonyl (C=O) groups is 3. The number of urea groups is 1. The molecule has 3 rings (SSSR count). The van der Waals surface area contributed by atoms with Crippen molar-refractivity contribution < 1.29 is 14.4 Å². The quantitative estimate of drug-likeness (QED) is 0.636. The Morgan fingerprint density at radius 2 is 1.60 bits per heavy atom. The van der Waals surface area contributed by atoms with Gasteiger partial charge in [-0.2, -0.15) is 0 Å². The molecule has 1 fully saturated rings. The predicted octanol–water partition coefficient (Wildman–Crippen LogP) is 3.26. The van der Waals surface area contributed by atoms with E-state index in [9.17, 15) is 14.4 Å². The zero-order chi connectivity index (χ0) is 18.1. The fraction of sp³-hybridized carbons (Fsp3) is 0.250. The molecule has 0 saturated carbocycles. The summed E-state index contributed by atoms with van der Waals surface area (Å²) in [6, 6.07) is 12.3. The molecular formula is C20H20N2O3. The Bertz CT molecular complexity index is 859. The summed E-state index contributed by atoms with van der Waals surface area (Å²) in [5.74, 6) is -0.582. The van der Waals surface area contributed by atoms with Crippen LogP contribution in [0.2, 0.25) is 0 Å². The Morgan fingerprint density at radius 1 is 0.960 bits per heavy atom. The number of amides is 3. The summed E-state index contributed by atoms with van der Waals surface area (Å²) in [6.07, 6.45) is 0. The number of para-hydroxylation sites is 1. The third-order valence-corrected chi connectivity index (χ3v) is 4.57. The van der Waals surface area contributed by atoms with Gasteiger partial charge in [0, 0.05) is 11.3 Å². The van der Waals surface area contributed by atoms with Gasteiger partial charge < -0.3 is 0 Å². The van der Waals surface area contributed by atoms with Crippen molar-refractivity contribution in [3.8, 4) is 0 Å². The number of hydrogen-bond donors (Lipinski definition) is 0. The first-order valence-electron chi connectivity index (χ1n) is 8.16. The number of nitrogens with zero attached hydrogens (tertiary/aromatic N) is 2. The second kappa shape index (κ2) is 6.51. The van der Waals surface area contributed by atoms with E-state index in [0.29, 0.717) is 11.3 Å².